The van der Waals surface area contributed by atoms with Gasteiger partial charge < -0.3 is 33.8 Å². The van der Waals surface area contributed by atoms with E-state index in [1.54, 1.807) is 0 Å². The van der Waals surface area contributed by atoms with Crippen molar-refractivity contribution in [3.8, 4) is 0 Å². The van der Waals surface area contributed by atoms with Gasteiger partial charge in [-0.2, -0.15) is 0 Å². The number of unbranched alkanes of at least 4 members (excludes halogenated alkanes) is 53. The molecule has 0 amide bonds. The molecule has 100 heavy (non-hydrogen) atoms. The minimum atomic E-state index is -4.96. The summed E-state index contributed by atoms with van der Waals surface area (Å²) >= 11 is 0. The second-order valence-electron chi connectivity index (χ2n) is 29.6. The number of esters is 4. The van der Waals surface area contributed by atoms with Gasteiger partial charge in [0.2, 0.25) is 0 Å². The van der Waals surface area contributed by atoms with E-state index in [2.05, 4.69) is 34.6 Å². The van der Waals surface area contributed by atoms with Crippen LogP contribution in [0.4, 0.5) is 0 Å². The Morgan fingerprint density at radius 2 is 0.460 bits per heavy atom. The first kappa shape index (κ1) is 98.1. The van der Waals surface area contributed by atoms with E-state index in [0.29, 0.717) is 31.6 Å². The highest BCUT2D eigenvalue weighted by Crippen LogP contribution is 2.45. The van der Waals surface area contributed by atoms with Crippen molar-refractivity contribution in [1.29, 1.82) is 0 Å². The van der Waals surface area contributed by atoms with Crippen molar-refractivity contribution in [3.63, 3.8) is 0 Å². The van der Waals surface area contributed by atoms with Crippen molar-refractivity contribution in [2.75, 3.05) is 39.6 Å². The molecule has 0 spiro atoms. The van der Waals surface area contributed by atoms with Crippen molar-refractivity contribution >= 4 is 39.5 Å². The fourth-order valence-electron chi connectivity index (χ4n) is 12.6. The maximum atomic E-state index is 13.1. The van der Waals surface area contributed by atoms with Crippen LogP contribution in [-0.2, 0) is 65.4 Å². The second-order valence-corrected chi connectivity index (χ2v) is 32.5. The summed E-state index contributed by atoms with van der Waals surface area (Å²) in [6.45, 7) is 7.26. The average Bonchev–Trinajstić information content (AvgIpc) is 0.936. The van der Waals surface area contributed by atoms with Gasteiger partial charge in [0.25, 0.3) is 0 Å². The summed E-state index contributed by atoms with van der Waals surface area (Å²) in [7, 11) is -9.92. The van der Waals surface area contributed by atoms with Crippen molar-refractivity contribution in [1.82, 2.24) is 0 Å². The van der Waals surface area contributed by atoms with Crippen LogP contribution in [0.25, 0.3) is 0 Å². The van der Waals surface area contributed by atoms with Crippen molar-refractivity contribution in [2.45, 2.75) is 451 Å². The number of aliphatic hydroxyl groups excluding tert-OH is 1. The monoisotopic (exact) mass is 1470 g/mol. The number of ether oxygens (including phenoxy) is 4. The van der Waals surface area contributed by atoms with Crippen LogP contribution in [-0.4, -0.2) is 96.7 Å². The third kappa shape index (κ3) is 74.3. The van der Waals surface area contributed by atoms with Crippen LogP contribution in [0.3, 0.4) is 0 Å². The van der Waals surface area contributed by atoms with Gasteiger partial charge in [-0.25, -0.2) is 9.13 Å². The number of rotatable bonds is 81. The third-order valence-electron chi connectivity index (χ3n) is 19.0. The summed E-state index contributed by atoms with van der Waals surface area (Å²) in [5.41, 5.74) is 0. The van der Waals surface area contributed by atoms with Gasteiger partial charge in [0.1, 0.15) is 19.3 Å². The number of aliphatic hydroxyl groups is 1. The Hall–Kier alpha value is -1.94. The number of phosphoric acid groups is 2. The molecule has 594 valence electrons. The normalized spacial score (nSPS) is 13.8. The molecule has 0 aromatic rings. The summed E-state index contributed by atoms with van der Waals surface area (Å²) in [6, 6.07) is 0. The Morgan fingerprint density at radius 1 is 0.270 bits per heavy atom. The third-order valence-corrected chi connectivity index (χ3v) is 20.9. The van der Waals surface area contributed by atoms with Gasteiger partial charge in [0.15, 0.2) is 12.2 Å². The number of phosphoric ester groups is 2. The molecule has 0 radical (unpaired) electrons. The zero-order valence-electron chi connectivity index (χ0n) is 65.3. The van der Waals surface area contributed by atoms with Crippen LogP contribution in [0.1, 0.15) is 433 Å². The molecular formula is C81H158O17P2. The Morgan fingerprint density at radius 3 is 0.680 bits per heavy atom. The van der Waals surface area contributed by atoms with E-state index in [1.165, 1.54) is 250 Å². The van der Waals surface area contributed by atoms with Crippen LogP contribution < -0.4 is 0 Å². The smallest absolute Gasteiger partial charge is 0.462 e. The van der Waals surface area contributed by atoms with Gasteiger partial charge in [-0.05, 0) is 31.6 Å². The first-order chi connectivity index (χ1) is 48.5. The first-order valence-electron chi connectivity index (χ1n) is 42.1. The van der Waals surface area contributed by atoms with Gasteiger partial charge >= 0.3 is 39.5 Å². The molecule has 0 bridgehead atoms. The summed E-state index contributed by atoms with van der Waals surface area (Å²) in [5.74, 6) is -1.40. The van der Waals surface area contributed by atoms with Crippen molar-refractivity contribution < 1.29 is 80.2 Å². The van der Waals surface area contributed by atoms with Crippen LogP contribution in [0.5, 0.6) is 0 Å². The Balaban J connectivity index is 5.20. The standard InChI is InChI=1S/C81H158O17P2/c1-6-9-12-15-18-21-24-26-28-30-32-33-34-36-38-40-43-46-51-57-62-67-81(86)97-76(70-91-78(83)64-59-54-49-44-42-39-37-35-31-29-27-25-22-19-16-13-10-7-2)72-95-99(87,88)93-68-75(82)69-94-100(89,90)96-73-77(71-92-79(84)65-60-55-52-47-48-53-58-63-74(4)5)98-80(85)66-61-56-50-45-41-23-20-17-14-11-8-3/h74-77,82H,6-73H2,1-5H3,(H,87,88)(H,89,90)/t75-,76-,77-/m1/s1. The Labute approximate surface area is 613 Å². The Kier molecular flexibility index (Phi) is 72.5. The molecule has 0 saturated carbocycles. The summed E-state index contributed by atoms with van der Waals surface area (Å²) in [6.07, 6.45) is 65.4. The molecule has 0 aliphatic heterocycles. The summed E-state index contributed by atoms with van der Waals surface area (Å²) in [5, 5.41) is 10.6. The molecule has 0 saturated heterocycles. The minimum absolute atomic E-state index is 0.107. The topological polar surface area (TPSA) is 237 Å². The quantitative estimate of drug-likeness (QED) is 0.0222. The molecule has 0 rings (SSSR count). The van der Waals surface area contributed by atoms with Crippen LogP contribution >= 0.6 is 15.6 Å². The lowest BCUT2D eigenvalue weighted by Crippen LogP contribution is -2.30. The predicted molar refractivity (Wildman–Crippen MR) is 409 cm³/mol. The summed E-state index contributed by atoms with van der Waals surface area (Å²) in [4.78, 5) is 72.9. The maximum absolute atomic E-state index is 13.1. The number of carbonyl (C=O) groups is 4. The maximum Gasteiger partial charge on any atom is 0.472 e. The molecule has 0 aliphatic rings. The first-order valence-corrected chi connectivity index (χ1v) is 45.1. The predicted octanol–water partition coefficient (Wildman–Crippen LogP) is 24.4. The van der Waals surface area contributed by atoms with Gasteiger partial charge in [-0.1, -0.05) is 381 Å². The van der Waals surface area contributed by atoms with Crippen LogP contribution in [0.2, 0.25) is 0 Å². The molecule has 0 aromatic heterocycles. The van der Waals surface area contributed by atoms with E-state index in [4.69, 9.17) is 37.0 Å². The Bertz CT molecular complexity index is 1910. The molecule has 5 atom stereocenters. The highest BCUT2D eigenvalue weighted by Gasteiger charge is 2.30. The zero-order chi connectivity index (χ0) is 73.4. The van der Waals surface area contributed by atoms with Crippen LogP contribution in [0, 0.1) is 5.92 Å². The van der Waals surface area contributed by atoms with E-state index in [1.807, 2.05) is 0 Å². The fourth-order valence-corrected chi connectivity index (χ4v) is 14.2. The van der Waals surface area contributed by atoms with E-state index >= 15 is 0 Å². The second kappa shape index (κ2) is 73.9. The van der Waals surface area contributed by atoms with Gasteiger partial charge in [0.05, 0.1) is 26.4 Å². The highest BCUT2D eigenvalue weighted by atomic mass is 31.2. The van der Waals surface area contributed by atoms with Gasteiger partial charge in [-0.15, -0.1) is 0 Å². The number of hydrogen-bond acceptors (Lipinski definition) is 15. The molecular weight excluding hydrogens is 1310 g/mol. The molecule has 0 heterocycles. The van der Waals surface area contributed by atoms with Gasteiger partial charge in [0, 0.05) is 25.7 Å². The van der Waals surface area contributed by atoms with E-state index in [0.717, 1.165) is 96.3 Å². The van der Waals surface area contributed by atoms with E-state index in [-0.39, 0.29) is 25.7 Å². The zero-order valence-corrected chi connectivity index (χ0v) is 67.1. The highest BCUT2D eigenvalue weighted by molar-refractivity contribution is 7.47. The number of carbonyl (C=O) groups excluding carboxylic acids is 4. The average molecular weight is 1470 g/mol. The molecule has 2 unspecified atom stereocenters. The molecule has 0 fully saturated rings. The summed E-state index contributed by atoms with van der Waals surface area (Å²) < 4.78 is 68.7. The van der Waals surface area contributed by atoms with Crippen molar-refractivity contribution in [3.05, 3.63) is 0 Å². The molecule has 19 heteroatoms. The molecule has 17 nitrogen and oxygen atoms in total. The van der Waals surface area contributed by atoms with Crippen molar-refractivity contribution in [2.24, 2.45) is 5.92 Å². The van der Waals surface area contributed by atoms with E-state index in [9.17, 15) is 43.2 Å². The largest absolute Gasteiger partial charge is 0.472 e. The molecule has 0 aromatic carbocycles. The van der Waals surface area contributed by atoms with E-state index < -0.39 is 97.5 Å². The van der Waals surface area contributed by atoms with Gasteiger partial charge in [-0.3, -0.25) is 37.3 Å². The molecule has 3 N–H and O–H groups in total. The lowest BCUT2D eigenvalue weighted by Gasteiger charge is -2.21. The van der Waals surface area contributed by atoms with Crippen LogP contribution in [0.15, 0.2) is 0 Å². The lowest BCUT2D eigenvalue weighted by atomic mass is 10.0. The molecule has 0 aliphatic carbocycles. The fraction of sp³-hybridized carbons (Fsp3) is 0.951. The lowest BCUT2D eigenvalue weighted by molar-refractivity contribution is -0.161. The SMILES string of the molecule is CCCCCCCCCCCCCCCCCCCCCCCC(=O)O[C@H](COC(=O)CCCCCCCCCCCCCCCCCCCC)COP(=O)(O)OC[C@@H](O)COP(=O)(O)OC[C@@H](COC(=O)CCCCCCCCCC(C)C)OC(=O)CCCCCCCCCCCCC. The number of hydrogen-bond donors (Lipinski definition) is 3. The minimum Gasteiger partial charge on any atom is -0.462 e.